The van der Waals surface area contributed by atoms with E-state index in [2.05, 4.69) is 0 Å². The molecule has 6 nitrogen and oxygen atoms in total. The average molecular weight is 306 g/mol. The molecule has 0 saturated heterocycles. The Bertz CT molecular complexity index is 514. The minimum absolute atomic E-state index is 0.0344. The van der Waals surface area contributed by atoms with Gasteiger partial charge in [0.05, 0.1) is 6.04 Å². The normalized spacial score (nSPS) is 13.2. The number of hydrogen-bond donors (Lipinski definition) is 2. The number of ether oxygens (including phenoxy) is 1. The first-order chi connectivity index (χ1) is 10.4. The number of hydrogen-bond acceptors (Lipinski definition) is 5. The number of primary amides is 1. The van der Waals surface area contributed by atoms with Crippen molar-refractivity contribution in [2.24, 2.45) is 17.4 Å². The van der Waals surface area contributed by atoms with E-state index in [1.807, 2.05) is 30.3 Å². The number of esters is 1. The van der Waals surface area contributed by atoms with Gasteiger partial charge in [-0.05, 0) is 18.9 Å². The fraction of sp³-hybridized carbons (Fsp3) is 0.438. The minimum atomic E-state index is -0.692. The second-order valence-electron chi connectivity index (χ2n) is 5.24. The minimum Gasteiger partial charge on any atom is -0.461 e. The van der Waals surface area contributed by atoms with Crippen LogP contribution in [0.2, 0.25) is 0 Å². The fourth-order valence-electron chi connectivity index (χ4n) is 1.88. The molecule has 6 heteroatoms. The van der Waals surface area contributed by atoms with Crippen LogP contribution in [-0.2, 0) is 25.7 Å². The van der Waals surface area contributed by atoms with Gasteiger partial charge in [-0.3, -0.25) is 14.4 Å². The third-order valence-electron chi connectivity index (χ3n) is 3.30. The molecule has 0 aromatic heterocycles. The fourth-order valence-corrected chi connectivity index (χ4v) is 1.88. The summed E-state index contributed by atoms with van der Waals surface area (Å²) in [5.74, 6) is -1.97. The largest absolute Gasteiger partial charge is 0.461 e. The zero-order valence-corrected chi connectivity index (χ0v) is 12.7. The lowest BCUT2D eigenvalue weighted by molar-refractivity contribution is -0.145. The molecule has 4 N–H and O–H groups in total. The zero-order valence-electron chi connectivity index (χ0n) is 12.7. The van der Waals surface area contributed by atoms with Crippen LogP contribution in [0.4, 0.5) is 0 Å². The second-order valence-corrected chi connectivity index (χ2v) is 5.24. The maximum absolute atomic E-state index is 11.7. The molecule has 1 aromatic carbocycles. The van der Waals surface area contributed by atoms with Gasteiger partial charge in [0.1, 0.15) is 12.4 Å². The first-order valence-electron chi connectivity index (χ1n) is 7.17. The Morgan fingerprint density at radius 2 is 1.82 bits per heavy atom. The van der Waals surface area contributed by atoms with Gasteiger partial charge in [-0.1, -0.05) is 30.3 Å². The summed E-state index contributed by atoms with van der Waals surface area (Å²) < 4.78 is 5.11. The summed E-state index contributed by atoms with van der Waals surface area (Å²) >= 11 is 0. The summed E-state index contributed by atoms with van der Waals surface area (Å²) in [7, 11) is 0. The van der Waals surface area contributed by atoms with E-state index in [1.165, 1.54) is 0 Å². The van der Waals surface area contributed by atoms with Crippen molar-refractivity contribution >= 4 is 17.7 Å². The third kappa shape index (κ3) is 6.49. The van der Waals surface area contributed by atoms with Crippen LogP contribution in [0, 0.1) is 5.92 Å². The predicted octanol–water partition coefficient (Wildman–Crippen LogP) is 0.918. The number of carbonyl (C=O) groups is 3. The lowest BCUT2D eigenvalue weighted by Crippen LogP contribution is -2.33. The van der Waals surface area contributed by atoms with Gasteiger partial charge in [-0.25, -0.2) is 0 Å². The second kappa shape index (κ2) is 8.94. The maximum Gasteiger partial charge on any atom is 0.306 e. The number of carbonyl (C=O) groups excluding carboxylic acids is 3. The predicted molar refractivity (Wildman–Crippen MR) is 81.4 cm³/mol. The maximum atomic E-state index is 11.7. The van der Waals surface area contributed by atoms with Crippen molar-refractivity contribution in [1.29, 1.82) is 0 Å². The molecule has 22 heavy (non-hydrogen) atoms. The summed E-state index contributed by atoms with van der Waals surface area (Å²) in [5, 5.41) is 0. The van der Waals surface area contributed by atoms with E-state index < -0.39 is 23.8 Å². The summed E-state index contributed by atoms with van der Waals surface area (Å²) in [6.45, 7) is 1.73. The van der Waals surface area contributed by atoms with Gasteiger partial charge in [0.25, 0.3) is 0 Å². The first-order valence-corrected chi connectivity index (χ1v) is 7.17. The molecule has 120 valence electrons. The van der Waals surface area contributed by atoms with Crippen LogP contribution < -0.4 is 11.5 Å². The monoisotopic (exact) mass is 306 g/mol. The quantitative estimate of drug-likeness (QED) is 0.659. The number of ketones is 1. The van der Waals surface area contributed by atoms with Gasteiger partial charge in [0.15, 0.2) is 0 Å². The van der Waals surface area contributed by atoms with Crippen LogP contribution in [0.1, 0.15) is 31.7 Å². The standard InChI is InChI=1S/C16H22N2O4/c1-11(17)14(19)9-13(16(18)21)7-8-15(20)22-10-12-5-3-2-4-6-12/h2-6,11,13H,7-10,17H2,1H3,(H2,18,21)/t11?,13-/m1/s1. The molecular formula is C16H22N2O4. The SMILES string of the molecule is CC(N)C(=O)C[C@@H](CCC(=O)OCc1ccccc1)C(N)=O. The molecule has 1 rings (SSSR count). The molecule has 1 amide bonds. The molecular weight excluding hydrogens is 284 g/mol. The molecule has 0 heterocycles. The van der Waals surface area contributed by atoms with Crippen LogP contribution >= 0.6 is 0 Å². The highest BCUT2D eigenvalue weighted by atomic mass is 16.5. The summed E-state index contributed by atoms with van der Waals surface area (Å²) in [6.07, 6.45) is 0.174. The van der Waals surface area contributed by atoms with Crippen molar-refractivity contribution in [3.05, 3.63) is 35.9 Å². The van der Waals surface area contributed by atoms with Crippen LogP contribution in [0.5, 0.6) is 0 Å². The van der Waals surface area contributed by atoms with Crippen molar-refractivity contribution in [1.82, 2.24) is 0 Å². The molecule has 1 aromatic rings. The summed E-state index contributed by atoms with van der Waals surface area (Å²) in [6, 6.07) is 8.63. The Balaban J connectivity index is 2.39. The molecule has 0 fully saturated rings. The van der Waals surface area contributed by atoms with E-state index in [-0.39, 0.29) is 31.7 Å². The van der Waals surface area contributed by atoms with E-state index in [0.717, 1.165) is 5.56 Å². The Morgan fingerprint density at radius 1 is 1.18 bits per heavy atom. The molecule has 0 aliphatic rings. The summed E-state index contributed by atoms with van der Waals surface area (Å²) in [5.41, 5.74) is 11.6. The van der Waals surface area contributed by atoms with Gasteiger partial charge in [-0.15, -0.1) is 0 Å². The van der Waals surface area contributed by atoms with Gasteiger partial charge < -0.3 is 16.2 Å². The topological polar surface area (TPSA) is 112 Å². The van der Waals surface area contributed by atoms with Gasteiger partial charge in [0, 0.05) is 18.8 Å². The van der Waals surface area contributed by atoms with Crippen molar-refractivity contribution in [3.8, 4) is 0 Å². The highest BCUT2D eigenvalue weighted by molar-refractivity contribution is 5.89. The van der Waals surface area contributed by atoms with Gasteiger partial charge >= 0.3 is 5.97 Å². The lowest BCUT2D eigenvalue weighted by Gasteiger charge is -2.13. The molecule has 0 radical (unpaired) electrons. The van der Waals surface area contributed by atoms with Crippen molar-refractivity contribution < 1.29 is 19.1 Å². The lowest BCUT2D eigenvalue weighted by atomic mass is 9.94. The average Bonchev–Trinajstić information content (AvgIpc) is 2.49. The van der Waals surface area contributed by atoms with Crippen molar-refractivity contribution in [2.45, 2.75) is 38.8 Å². The highest BCUT2D eigenvalue weighted by Crippen LogP contribution is 2.13. The Hall–Kier alpha value is -2.21. The molecule has 0 saturated carbocycles. The number of Topliss-reactive ketones (excluding diaryl/α,β-unsaturated/α-hetero) is 1. The van der Waals surface area contributed by atoms with Crippen molar-refractivity contribution in [2.75, 3.05) is 0 Å². The molecule has 0 bridgehead atoms. The van der Waals surface area contributed by atoms with Gasteiger partial charge in [0.2, 0.25) is 5.91 Å². The molecule has 2 atom stereocenters. The number of rotatable bonds is 9. The molecule has 1 unspecified atom stereocenters. The van der Waals surface area contributed by atoms with E-state index in [1.54, 1.807) is 6.92 Å². The van der Waals surface area contributed by atoms with Crippen LogP contribution in [0.15, 0.2) is 30.3 Å². The Kier molecular flexibility index (Phi) is 7.25. The number of benzene rings is 1. The number of amides is 1. The zero-order chi connectivity index (χ0) is 16.5. The third-order valence-corrected chi connectivity index (χ3v) is 3.30. The molecule has 0 aliphatic carbocycles. The van der Waals surface area contributed by atoms with E-state index in [0.29, 0.717) is 0 Å². The summed E-state index contributed by atoms with van der Waals surface area (Å²) in [4.78, 5) is 34.6. The van der Waals surface area contributed by atoms with Crippen LogP contribution in [0.3, 0.4) is 0 Å². The van der Waals surface area contributed by atoms with E-state index in [9.17, 15) is 14.4 Å². The van der Waals surface area contributed by atoms with E-state index in [4.69, 9.17) is 16.2 Å². The van der Waals surface area contributed by atoms with Crippen LogP contribution in [0.25, 0.3) is 0 Å². The number of nitrogens with two attached hydrogens (primary N) is 2. The van der Waals surface area contributed by atoms with E-state index >= 15 is 0 Å². The Labute approximate surface area is 129 Å². The molecule has 0 spiro atoms. The molecule has 0 aliphatic heterocycles. The first kappa shape index (κ1) is 17.8. The van der Waals surface area contributed by atoms with Crippen molar-refractivity contribution in [3.63, 3.8) is 0 Å². The highest BCUT2D eigenvalue weighted by Gasteiger charge is 2.22. The van der Waals surface area contributed by atoms with Crippen LogP contribution in [-0.4, -0.2) is 23.7 Å². The smallest absolute Gasteiger partial charge is 0.306 e. The van der Waals surface area contributed by atoms with Gasteiger partial charge in [-0.2, -0.15) is 0 Å². The Morgan fingerprint density at radius 3 is 2.36 bits per heavy atom.